The zero-order chi connectivity index (χ0) is 19.2. The number of benzene rings is 2. The van der Waals surface area contributed by atoms with Gasteiger partial charge in [-0.2, -0.15) is 0 Å². The molecule has 2 aromatic carbocycles. The number of piperidine rings is 1. The Hall–Kier alpha value is -2.66. The predicted octanol–water partition coefficient (Wildman–Crippen LogP) is 2.74. The highest BCUT2D eigenvalue weighted by molar-refractivity contribution is 5.94. The second kappa shape index (κ2) is 8.82. The van der Waals surface area contributed by atoms with Crippen LogP contribution in [-0.2, 0) is 4.79 Å². The zero-order valence-corrected chi connectivity index (χ0v) is 15.7. The summed E-state index contributed by atoms with van der Waals surface area (Å²) in [6.07, 6.45) is 1.52. The number of rotatable bonds is 5. The number of carbonyl (C=O) groups is 2. The second-order valence-corrected chi connectivity index (χ2v) is 7.17. The average molecular weight is 365 g/mol. The smallest absolute Gasteiger partial charge is 0.253 e. The molecule has 1 heterocycles. The van der Waals surface area contributed by atoms with Crippen LogP contribution in [0.2, 0.25) is 0 Å². The van der Waals surface area contributed by atoms with Crippen LogP contribution in [0.15, 0.2) is 60.7 Å². The van der Waals surface area contributed by atoms with E-state index >= 15 is 0 Å². The largest absolute Gasteiger partial charge is 0.353 e. The Kier molecular flexibility index (Phi) is 6.24. The lowest BCUT2D eigenvalue weighted by molar-refractivity contribution is -0.126. The molecule has 2 amide bonds. The van der Waals surface area contributed by atoms with Gasteiger partial charge in [0.05, 0.1) is 5.92 Å². The minimum Gasteiger partial charge on any atom is -0.353 e. The quantitative estimate of drug-likeness (QED) is 0.855. The molecule has 0 radical (unpaired) electrons. The molecule has 2 aromatic rings. The molecule has 27 heavy (non-hydrogen) atoms. The molecule has 3 N–H and O–H groups in total. The topological polar surface area (TPSA) is 75.4 Å². The van der Waals surface area contributed by atoms with Gasteiger partial charge < -0.3 is 16.0 Å². The normalized spacial score (nSPS) is 17.2. The van der Waals surface area contributed by atoms with E-state index in [0.29, 0.717) is 18.7 Å². The van der Waals surface area contributed by atoms with Gasteiger partial charge in [0.1, 0.15) is 0 Å². The van der Waals surface area contributed by atoms with Crippen molar-refractivity contribution in [2.75, 3.05) is 13.1 Å². The highest BCUT2D eigenvalue weighted by Gasteiger charge is 2.28. The number of hydrogen-bond acceptors (Lipinski definition) is 3. The van der Waals surface area contributed by atoms with Crippen molar-refractivity contribution < 1.29 is 9.59 Å². The summed E-state index contributed by atoms with van der Waals surface area (Å²) in [5, 5.41) is 3.11. The van der Waals surface area contributed by atoms with E-state index in [1.165, 1.54) is 0 Å². The van der Waals surface area contributed by atoms with Crippen molar-refractivity contribution >= 4 is 11.8 Å². The molecule has 142 valence electrons. The minimum atomic E-state index is -0.328. The van der Waals surface area contributed by atoms with Crippen molar-refractivity contribution in [1.29, 1.82) is 0 Å². The van der Waals surface area contributed by atoms with E-state index in [4.69, 9.17) is 5.73 Å². The average Bonchev–Trinajstić information content (AvgIpc) is 2.74. The van der Waals surface area contributed by atoms with E-state index < -0.39 is 0 Å². The van der Waals surface area contributed by atoms with Gasteiger partial charge in [-0.3, -0.25) is 9.59 Å². The molecule has 2 atom stereocenters. The van der Waals surface area contributed by atoms with Gasteiger partial charge in [-0.15, -0.1) is 0 Å². The van der Waals surface area contributed by atoms with Gasteiger partial charge in [-0.05, 0) is 30.5 Å². The molecule has 3 rings (SSSR count). The minimum absolute atomic E-state index is 0.0285. The Morgan fingerprint density at radius 3 is 2.15 bits per heavy atom. The fraction of sp³-hybridized carbons (Fsp3) is 0.364. The first-order chi connectivity index (χ1) is 13.1. The molecule has 1 saturated heterocycles. The van der Waals surface area contributed by atoms with Crippen molar-refractivity contribution in [1.82, 2.24) is 10.2 Å². The van der Waals surface area contributed by atoms with Crippen LogP contribution in [0.25, 0.3) is 0 Å². The number of likely N-dealkylation sites (tertiary alicyclic amines) is 1. The lowest BCUT2D eigenvalue weighted by Gasteiger charge is -2.33. The molecule has 1 aliphatic heterocycles. The Morgan fingerprint density at radius 2 is 1.56 bits per heavy atom. The van der Waals surface area contributed by atoms with E-state index in [-0.39, 0.29) is 29.8 Å². The summed E-state index contributed by atoms with van der Waals surface area (Å²) in [7, 11) is 0. The third kappa shape index (κ3) is 4.74. The molecule has 1 fully saturated rings. The first kappa shape index (κ1) is 19.1. The van der Waals surface area contributed by atoms with Crippen LogP contribution in [-0.4, -0.2) is 35.8 Å². The maximum atomic E-state index is 12.6. The predicted molar refractivity (Wildman–Crippen MR) is 106 cm³/mol. The van der Waals surface area contributed by atoms with Gasteiger partial charge >= 0.3 is 0 Å². The van der Waals surface area contributed by atoms with E-state index in [1.807, 2.05) is 72.5 Å². The number of nitrogens with zero attached hydrogens (tertiary/aromatic N) is 1. The maximum Gasteiger partial charge on any atom is 0.253 e. The highest BCUT2D eigenvalue weighted by atomic mass is 16.2. The number of carbonyl (C=O) groups excluding carboxylic acids is 2. The Bertz CT molecular complexity index is 756. The van der Waals surface area contributed by atoms with Crippen LogP contribution in [0.1, 0.15) is 41.7 Å². The zero-order valence-electron chi connectivity index (χ0n) is 15.7. The Morgan fingerprint density at radius 1 is 1.00 bits per heavy atom. The Labute approximate surface area is 160 Å². The van der Waals surface area contributed by atoms with E-state index in [1.54, 1.807) is 0 Å². The summed E-state index contributed by atoms with van der Waals surface area (Å²) in [5.41, 5.74) is 7.93. The first-order valence-electron chi connectivity index (χ1n) is 9.51. The molecule has 5 heteroatoms. The fourth-order valence-electron chi connectivity index (χ4n) is 3.45. The van der Waals surface area contributed by atoms with E-state index in [2.05, 4.69) is 5.32 Å². The summed E-state index contributed by atoms with van der Waals surface area (Å²) in [4.78, 5) is 27.0. The molecule has 0 aromatic heterocycles. The lowest BCUT2D eigenvalue weighted by atomic mass is 9.94. The standard InChI is InChI=1S/C22H27N3O2/c1-16(20(23)17-8-4-2-5-9-17)21(26)24-19-12-14-25(15-13-19)22(27)18-10-6-3-7-11-18/h2-11,16,19-20H,12-15,23H2,1H3,(H,24,26). The first-order valence-corrected chi connectivity index (χ1v) is 9.51. The number of hydrogen-bond donors (Lipinski definition) is 2. The van der Waals surface area contributed by atoms with Gasteiger partial charge in [0, 0.05) is 30.7 Å². The monoisotopic (exact) mass is 365 g/mol. The summed E-state index contributed by atoms with van der Waals surface area (Å²) in [5.74, 6) is -0.282. The molecule has 0 saturated carbocycles. The van der Waals surface area contributed by atoms with Crippen LogP contribution in [0.3, 0.4) is 0 Å². The summed E-state index contributed by atoms with van der Waals surface area (Å²) in [6, 6.07) is 18.8. The third-order valence-electron chi connectivity index (χ3n) is 5.29. The SMILES string of the molecule is CC(C(=O)NC1CCN(C(=O)c2ccccc2)CC1)C(N)c1ccccc1. The molecular weight excluding hydrogens is 338 g/mol. The van der Waals surface area contributed by atoms with Crippen LogP contribution in [0.4, 0.5) is 0 Å². The summed E-state index contributed by atoms with van der Waals surface area (Å²) >= 11 is 0. The van der Waals surface area contributed by atoms with Crippen LogP contribution in [0, 0.1) is 5.92 Å². The van der Waals surface area contributed by atoms with Crippen molar-refractivity contribution in [2.45, 2.75) is 31.8 Å². The van der Waals surface area contributed by atoms with Gasteiger partial charge in [0.25, 0.3) is 5.91 Å². The van der Waals surface area contributed by atoms with Gasteiger partial charge in [-0.1, -0.05) is 55.5 Å². The maximum absolute atomic E-state index is 12.6. The molecule has 1 aliphatic rings. The van der Waals surface area contributed by atoms with Gasteiger partial charge in [0.2, 0.25) is 5.91 Å². The number of amides is 2. The summed E-state index contributed by atoms with van der Waals surface area (Å²) in [6.45, 7) is 3.16. The van der Waals surface area contributed by atoms with Gasteiger partial charge in [-0.25, -0.2) is 0 Å². The van der Waals surface area contributed by atoms with Gasteiger partial charge in [0.15, 0.2) is 0 Å². The molecular formula is C22H27N3O2. The van der Waals surface area contributed by atoms with Crippen LogP contribution in [0.5, 0.6) is 0 Å². The van der Waals surface area contributed by atoms with Crippen molar-refractivity contribution in [3.63, 3.8) is 0 Å². The number of nitrogens with two attached hydrogens (primary N) is 1. The second-order valence-electron chi connectivity index (χ2n) is 7.17. The molecule has 0 spiro atoms. The van der Waals surface area contributed by atoms with Crippen molar-refractivity contribution in [3.8, 4) is 0 Å². The van der Waals surface area contributed by atoms with Crippen molar-refractivity contribution in [3.05, 3.63) is 71.8 Å². The van der Waals surface area contributed by atoms with Crippen molar-refractivity contribution in [2.24, 2.45) is 11.7 Å². The molecule has 2 unspecified atom stereocenters. The van der Waals surface area contributed by atoms with E-state index in [0.717, 1.165) is 18.4 Å². The Balaban J connectivity index is 1.50. The van der Waals surface area contributed by atoms with E-state index in [9.17, 15) is 9.59 Å². The lowest BCUT2D eigenvalue weighted by Crippen LogP contribution is -2.48. The highest BCUT2D eigenvalue weighted by Crippen LogP contribution is 2.20. The molecule has 0 aliphatic carbocycles. The number of nitrogens with one attached hydrogen (secondary N) is 1. The van der Waals surface area contributed by atoms with Crippen LogP contribution < -0.4 is 11.1 Å². The molecule has 0 bridgehead atoms. The summed E-state index contributed by atoms with van der Waals surface area (Å²) < 4.78 is 0. The third-order valence-corrected chi connectivity index (χ3v) is 5.29. The van der Waals surface area contributed by atoms with Crippen LogP contribution >= 0.6 is 0 Å². The molecule has 5 nitrogen and oxygen atoms in total. The fourth-order valence-corrected chi connectivity index (χ4v) is 3.45.